The molecule has 5 atom stereocenters. The number of amides is 3. The number of aryl methyl sites for hydroxylation is 1. The topological polar surface area (TPSA) is 191 Å². The Morgan fingerprint density at radius 3 is 2.14 bits per heavy atom. The van der Waals surface area contributed by atoms with E-state index in [1.165, 1.54) is 4.90 Å². The summed E-state index contributed by atoms with van der Waals surface area (Å²) in [5.74, 6) is -0.799. The Morgan fingerprint density at radius 2 is 1.56 bits per heavy atom. The molecule has 0 radical (unpaired) electrons. The number of nitrogens with one attached hydrogen (secondary N) is 1. The summed E-state index contributed by atoms with van der Waals surface area (Å²) in [6, 6.07) is 2.26. The predicted octanol–water partition coefficient (Wildman–Crippen LogP) is 5.98. The van der Waals surface area contributed by atoms with E-state index in [4.69, 9.17) is 38.7 Å². The number of likely N-dealkylation sites (tertiary alicyclic amines) is 1. The molecule has 5 aliphatic rings. The second-order valence-electron chi connectivity index (χ2n) is 19.6. The highest BCUT2D eigenvalue weighted by atomic mass is 16.7. The van der Waals surface area contributed by atoms with Crippen LogP contribution < -0.4 is 20.5 Å². The van der Waals surface area contributed by atoms with E-state index < -0.39 is 65.8 Å². The minimum Gasteiger partial charge on any atom is -0.486 e. The van der Waals surface area contributed by atoms with Crippen LogP contribution in [0.5, 0.6) is 11.5 Å². The fourth-order valence-electron chi connectivity index (χ4n) is 8.30. The molecule has 1 aromatic rings. The summed E-state index contributed by atoms with van der Waals surface area (Å²) in [6.45, 7) is 22.5. The van der Waals surface area contributed by atoms with Gasteiger partial charge in [0.15, 0.2) is 5.75 Å². The molecule has 2 aliphatic heterocycles. The second-order valence-corrected chi connectivity index (χ2v) is 19.6. The maximum Gasteiger partial charge on any atom is 0.514 e. The highest BCUT2D eigenvalue weighted by Crippen LogP contribution is 2.65. The average Bonchev–Trinajstić information content (AvgIpc) is 3.37. The van der Waals surface area contributed by atoms with Crippen molar-refractivity contribution in [3.63, 3.8) is 0 Å². The molecule has 1 aromatic carbocycles. The number of hydrogen-bond acceptors (Lipinski definition) is 12. The van der Waals surface area contributed by atoms with Crippen molar-refractivity contribution in [2.45, 2.75) is 162 Å². The zero-order chi connectivity index (χ0) is 42.5. The Labute approximate surface area is 336 Å². The van der Waals surface area contributed by atoms with Crippen LogP contribution >= 0.6 is 0 Å². The zero-order valence-corrected chi connectivity index (χ0v) is 35.7. The molecule has 57 heavy (non-hydrogen) atoms. The smallest absolute Gasteiger partial charge is 0.486 e. The number of nitrogens with two attached hydrogens (primary N) is 1. The lowest BCUT2D eigenvalue weighted by molar-refractivity contribution is -0.199. The first-order chi connectivity index (χ1) is 26.1. The number of primary amides is 1. The molecule has 0 aromatic heterocycles. The number of ether oxygens (including phenoxy) is 5. The average molecular weight is 800 g/mol. The van der Waals surface area contributed by atoms with E-state index in [0.29, 0.717) is 30.1 Å². The molecule has 15 nitrogen and oxygen atoms in total. The number of carbonyl (C=O) groups excluding carboxylic acids is 5. The van der Waals surface area contributed by atoms with Crippen molar-refractivity contribution in [3.8, 4) is 11.5 Å². The third-order valence-corrected chi connectivity index (χ3v) is 11.2. The zero-order valence-electron chi connectivity index (χ0n) is 35.7. The minimum absolute atomic E-state index is 0.00253. The summed E-state index contributed by atoms with van der Waals surface area (Å²) < 4.78 is 41.8. The van der Waals surface area contributed by atoms with Gasteiger partial charge in [-0.05, 0) is 130 Å². The van der Waals surface area contributed by atoms with Crippen LogP contribution in [-0.4, -0.2) is 95.8 Å². The van der Waals surface area contributed by atoms with Crippen molar-refractivity contribution >= 4 is 37.2 Å². The van der Waals surface area contributed by atoms with Crippen LogP contribution in [0.1, 0.15) is 125 Å². The summed E-state index contributed by atoms with van der Waals surface area (Å²) in [5, 5.41) is 2.42. The Hall–Kier alpha value is -4.05. The molecule has 3 aliphatic carbocycles. The molecule has 0 spiro atoms. The first-order valence-electron chi connectivity index (χ1n) is 20.0. The number of nitrogens with zero attached hydrogens (tertiary/aromatic N) is 1. The van der Waals surface area contributed by atoms with Crippen LogP contribution in [0, 0.1) is 17.3 Å². The molecule has 6 rings (SSSR count). The SMILES string of the molecule is CC(C)(C)OC(=O)N[C@H](CCC(=O)N1CC(Oc2ccc(CCB3O[C@@H]4C[C@@H]5C[C@@H](C5(C)C)[C@]4(C)O3)c(OC(=O)OC(C)(C)C)c2C(=O)OC(C)(C)C)C1)C(N)=O. The molecule has 2 saturated heterocycles. The summed E-state index contributed by atoms with van der Waals surface area (Å²) in [6.07, 6.45) is 0.394. The summed E-state index contributed by atoms with van der Waals surface area (Å²) in [7, 11) is -0.490. The van der Waals surface area contributed by atoms with Gasteiger partial charge in [0.1, 0.15) is 40.3 Å². The molecule has 5 fully saturated rings. The van der Waals surface area contributed by atoms with Gasteiger partial charge in [-0.2, -0.15) is 0 Å². The highest BCUT2D eigenvalue weighted by Gasteiger charge is 2.67. The van der Waals surface area contributed by atoms with Gasteiger partial charge >= 0.3 is 25.3 Å². The fraction of sp³-hybridized carbons (Fsp3) is 0.732. The lowest BCUT2D eigenvalue weighted by atomic mass is 9.43. The van der Waals surface area contributed by atoms with E-state index in [1.807, 2.05) is 0 Å². The molecule has 0 unspecified atom stereocenters. The number of esters is 1. The Balaban J connectivity index is 1.32. The van der Waals surface area contributed by atoms with Gasteiger partial charge < -0.3 is 48.9 Å². The van der Waals surface area contributed by atoms with E-state index in [1.54, 1.807) is 74.4 Å². The molecule has 316 valence electrons. The molecule has 3 amide bonds. The monoisotopic (exact) mass is 799 g/mol. The van der Waals surface area contributed by atoms with E-state index in [9.17, 15) is 24.0 Å². The molecule has 2 heterocycles. The van der Waals surface area contributed by atoms with E-state index >= 15 is 0 Å². The van der Waals surface area contributed by atoms with Crippen molar-refractivity contribution in [2.24, 2.45) is 23.0 Å². The standard InChI is InChI=1S/C41H62BN3O12/c1-37(2,3)53-34(48)31-27(51-25-21-45(22-25)30(46)16-14-26(33(43)47)44-35(49)54-38(4,5)6)15-13-23(32(31)52-36(50)55-39(7,8)9)17-18-42-56-29-20-24-19-28(40(24,10)11)41(29,12)57-42/h13,15,24-26,28-29H,14,16-22H2,1-12H3,(H2,43,47)(H,44,49)/t24-,26+,28-,29+,41-/m0/s1. The van der Waals surface area contributed by atoms with Crippen molar-refractivity contribution in [3.05, 3.63) is 23.3 Å². The Morgan fingerprint density at radius 1 is 0.930 bits per heavy atom. The summed E-state index contributed by atoms with van der Waals surface area (Å²) >= 11 is 0. The third-order valence-electron chi connectivity index (χ3n) is 11.2. The van der Waals surface area contributed by atoms with Gasteiger partial charge in [0, 0.05) is 6.42 Å². The molecule has 16 heteroatoms. The summed E-state index contributed by atoms with van der Waals surface area (Å²) in [4.78, 5) is 66.0. The largest absolute Gasteiger partial charge is 0.514 e. The molecule has 3 saturated carbocycles. The van der Waals surface area contributed by atoms with Crippen LogP contribution in [0.3, 0.4) is 0 Å². The molecule has 3 N–H and O–H groups in total. The summed E-state index contributed by atoms with van der Waals surface area (Å²) in [5.41, 5.74) is 3.15. The van der Waals surface area contributed by atoms with Crippen molar-refractivity contribution in [1.29, 1.82) is 0 Å². The van der Waals surface area contributed by atoms with Gasteiger partial charge in [-0.25, -0.2) is 14.4 Å². The van der Waals surface area contributed by atoms with E-state index in [-0.39, 0.29) is 60.4 Å². The Kier molecular flexibility index (Phi) is 12.3. The van der Waals surface area contributed by atoms with Crippen LogP contribution in [0.4, 0.5) is 9.59 Å². The lowest BCUT2D eigenvalue weighted by Gasteiger charge is -2.64. The Bertz CT molecular complexity index is 1720. The number of rotatable bonds is 12. The molecular weight excluding hydrogens is 737 g/mol. The van der Waals surface area contributed by atoms with Crippen LogP contribution in [-0.2, 0) is 39.5 Å². The van der Waals surface area contributed by atoms with Gasteiger partial charge in [0.25, 0.3) is 0 Å². The van der Waals surface area contributed by atoms with Gasteiger partial charge in [-0.15, -0.1) is 0 Å². The van der Waals surface area contributed by atoms with E-state index in [0.717, 1.165) is 12.8 Å². The van der Waals surface area contributed by atoms with Gasteiger partial charge in [-0.3, -0.25) is 9.59 Å². The predicted molar refractivity (Wildman–Crippen MR) is 210 cm³/mol. The maximum absolute atomic E-state index is 14.0. The van der Waals surface area contributed by atoms with Gasteiger partial charge in [0.2, 0.25) is 11.8 Å². The van der Waals surface area contributed by atoms with Crippen molar-refractivity contribution in [2.75, 3.05) is 13.1 Å². The maximum atomic E-state index is 14.0. The lowest BCUT2D eigenvalue weighted by Crippen LogP contribution is -2.65. The normalized spacial score (nSPS) is 24.6. The minimum atomic E-state index is -1.10. The van der Waals surface area contributed by atoms with Gasteiger partial charge in [0.05, 0.1) is 24.8 Å². The van der Waals surface area contributed by atoms with Crippen LogP contribution in [0.25, 0.3) is 0 Å². The van der Waals surface area contributed by atoms with E-state index in [2.05, 4.69) is 26.1 Å². The first kappa shape index (κ1) is 44.1. The number of carbonyl (C=O) groups is 5. The third kappa shape index (κ3) is 10.5. The first-order valence-corrected chi connectivity index (χ1v) is 20.0. The number of hydrogen-bond donors (Lipinski definition) is 2. The number of benzene rings is 1. The second kappa shape index (κ2) is 16.0. The van der Waals surface area contributed by atoms with Crippen LogP contribution in [0.2, 0.25) is 6.32 Å². The molecular formula is C41H62BN3O12. The van der Waals surface area contributed by atoms with Crippen LogP contribution in [0.15, 0.2) is 12.1 Å². The highest BCUT2D eigenvalue weighted by molar-refractivity contribution is 6.45. The molecule has 2 bridgehead atoms. The fourth-order valence-corrected chi connectivity index (χ4v) is 8.30. The van der Waals surface area contributed by atoms with Gasteiger partial charge in [-0.1, -0.05) is 19.9 Å². The van der Waals surface area contributed by atoms with Crippen molar-refractivity contribution < 1.29 is 57.0 Å². The van der Waals surface area contributed by atoms with Crippen molar-refractivity contribution in [1.82, 2.24) is 10.2 Å². The number of alkyl carbamates (subject to hydrolysis) is 1. The quantitative estimate of drug-likeness (QED) is 0.109.